The molecule has 0 atom stereocenters. The molecule has 9 heteroatoms. The molecule has 0 saturated carbocycles. The summed E-state index contributed by atoms with van der Waals surface area (Å²) < 4.78 is 6.76. The number of nitrogens with zero attached hydrogens (tertiary/aromatic N) is 3. The highest BCUT2D eigenvalue weighted by Crippen LogP contribution is 2.15. The van der Waals surface area contributed by atoms with Crippen molar-refractivity contribution in [1.82, 2.24) is 15.1 Å². The minimum Gasteiger partial charge on any atom is -0.465 e. The third-order valence-corrected chi connectivity index (χ3v) is 5.60. The molecular formula is C25H28ClN5O3. The van der Waals surface area contributed by atoms with E-state index < -0.39 is 5.97 Å². The molecule has 34 heavy (non-hydrogen) atoms. The number of ether oxygens (including phenoxy) is 1. The number of esters is 1. The van der Waals surface area contributed by atoms with Crippen LogP contribution in [0, 0.1) is 13.8 Å². The van der Waals surface area contributed by atoms with Crippen LogP contribution in [0.3, 0.4) is 0 Å². The van der Waals surface area contributed by atoms with E-state index in [2.05, 4.69) is 27.6 Å². The van der Waals surface area contributed by atoms with Crippen LogP contribution in [0.25, 0.3) is 0 Å². The van der Waals surface area contributed by atoms with E-state index in [0.717, 1.165) is 23.5 Å². The van der Waals surface area contributed by atoms with Gasteiger partial charge in [0.1, 0.15) is 0 Å². The third kappa shape index (κ3) is 6.23. The molecule has 3 rings (SSSR count). The molecule has 8 nitrogen and oxygen atoms in total. The Labute approximate surface area is 204 Å². The van der Waals surface area contributed by atoms with Gasteiger partial charge in [-0.2, -0.15) is 5.10 Å². The van der Waals surface area contributed by atoms with Crippen molar-refractivity contribution < 1.29 is 14.3 Å². The SMILES string of the molecule is CCn1nc(C)c(CCN=C(NC(=O)c2ccc(Cl)cc2)Nc2cccc(C(=O)OC)c2)c1C. The molecule has 0 spiro atoms. The van der Waals surface area contributed by atoms with E-state index in [0.29, 0.717) is 34.8 Å². The average molecular weight is 482 g/mol. The van der Waals surface area contributed by atoms with Gasteiger partial charge in [-0.05, 0) is 75.2 Å². The van der Waals surface area contributed by atoms with Gasteiger partial charge in [0.15, 0.2) is 0 Å². The standard InChI is InChI=1S/C25H28ClN5O3/c1-5-31-17(3)22(16(2)30-31)13-14-27-25(29-23(32)18-9-11-20(26)12-10-18)28-21-8-6-7-19(15-21)24(33)34-4/h6-12,15H,5,13-14H2,1-4H3,(H2,27,28,29,32). The van der Waals surface area contributed by atoms with Crippen LogP contribution in [0.5, 0.6) is 0 Å². The monoisotopic (exact) mass is 481 g/mol. The second-order valence-corrected chi connectivity index (χ2v) is 8.04. The maximum absolute atomic E-state index is 12.8. The summed E-state index contributed by atoms with van der Waals surface area (Å²) in [6.07, 6.45) is 0.669. The summed E-state index contributed by atoms with van der Waals surface area (Å²) in [6.45, 7) is 7.31. The van der Waals surface area contributed by atoms with Crippen molar-refractivity contribution >= 4 is 35.1 Å². The number of carbonyl (C=O) groups excluding carboxylic acids is 2. The lowest BCUT2D eigenvalue weighted by Crippen LogP contribution is -2.36. The first-order chi connectivity index (χ1) is 16.3. The Kier molecular flexibility index (Phi) is 8.43. The van der Waals surface area contributed by atoms with Crippen LogP contribution in [0.2, 0.25) is 5.02 Å². The van der Waals surface area contributed by atoms with Crippen LogP contribution >= 0.6 is 11.6 Å². The Hall–Kier alpha value is -3.65. The van der Waals surface area contributed by atoms with Crippen LogP contribution in [0.15, 0.2) is 53.5 Å². The van der Waals surface area contributed by atoms with Crippen molar-refractivity contribution in [2.75, 3.05) is 19.0 Å². The van der Waals surface area contributed by atoms with Gasteiger partial charge in [-0.15, -0.1) is 0 Å². The predicted molar refractivity (Wildman–Crippen MR) is 134 cm³/mol. The number of hydrogen-bond acceptors (Lipinski definition) is 5. The molecule has 0 saturated heterocycles. The first-order valence-electron chi connectivity index (χ1n) is 10.9. The number of aromatic nitrogens is 2. The zero-order valence-corrected chi connectivity index (χ0v) is 20.4. The number of hydrogen-bond donors (Lipinski definition) is 2. The van der Waals surface area contributed by atoms with Gasteiger partial charge in [0.2, 0.25) is 5.96 Å². The maximum atomic E-state index is 12.8. The zero-order chi connectivity index (χ0) is 24.7. The van der Waals surface area contributed by atoms with Crippen LogP contribution in [-0.4, -0.2) is 41.3 Å². The second kappa shape index (κ2) is 11.5. The number of halogens is 1. The fraction of sp³-hybridized carbons (Fsp3) is 0.280. The van der Waals surface area contributed by atoms with Gasteiger partial charge in [-0.3, -0.25) is 19.8 Å². The molecule has 0 aliphatic heterocycles. The topological polar surface area (TPSA) is 97.6 Å². The summed E-state index contributed by atoms with van der Waals surface area (Å²) in [6, 6.07) is 13.4. The van der Waals surface area contributed by atoms with E-state index in [4.69, 9.17) is 16.3 Å². The second-order valence-electron chi connectivity index (χ2n) is 7.60. The number of nitrogens with one attached hydrogen (secondary N) is 2. The van der Waals surface area contributed by atoms with E-state index in [1.165, 1.54) is 7.11 Å². The Bertz CT molecular complexity index is 1200. The summed E-state index contributed by atoms with van der Waals surface area (Å²) in [5.41, 5.74) is 4.64. The lowest BCUT2D eigenvalue weighted by Gasteiger charge is -2.13. The summed E-state index contributed by atoms with van der Waals surface area (Å²) >= 11 is 5.93. The van der Waals surface area contributed by atoms with Crippen molar-refractivity contribution in [3.63, 3.8) is 0 Å². The molecule has 0 radical (unpaired) electrons. The minimum atomic E-state index is -0.453. The highest BCUT2D eigenvalue weighted by molar-refractivity contribution is 6.30. The van der Waals surface area contributed by atoms with Crippen molar-refractivity contribution in [3.8, 4) is 0 Å². The number of benzene rings is 2. The summed E-state index contributed by atoms with van der Waals surface area (Å²) in [7, 11) is 1.33. The molecule has 1 heterocycles. The van der Waals surface area contributed by atoms with E-state index in [1.54, 1.807) is 48.5 Å². The number of guanidine groups is 1. The number of carbonyl (C=O) groups is 2. The maximum Gasteiger partial charge on any atom is 0.337 e. The van der Waals surface area contributed by atoms with Crippen molar-refractivity contribution in [3.05, 3.63) is 81.6 Å². The lowest BCUT2D eigenvalue weighted by atomic mass is 10.1. The van der Waals surface area contributed by atoms with Crippen LogP contribution in [0.1, 0.15) is 44.6 Å². The minimum absolute atomic E-state index is 0.264. The molecule has 3 aromatic rings. The molecule has 178 valence electrons. The number of anilines is 1. The van der Waals surface area contributed by atoms with E-state index in [1.807, 2.05) is 18.5 Å². The highest BCUT2D eigenvalue weighted by Gasteiger charge is 2.13. The largest absolute Gasteiger partial charge is 0.465 e. The van der Waals surface area contributed by atoms with Crippen LogP contribution in [-0.2, 0) is 17.7 Å². The van der Waals surface area contributed by atoms with Gasteiger partial charge >= 0.3 is 5.97 Å². The molecule has 1 amide bonds. The average Bonchev–Trinajstić information content (AvgIpc) is 3.11. The van der Waals surface area contributed by atoms with Gasteiger partial charge in [-0.1, -0.05) is 17.7 Å². The summed E-state index contributed by atoms with van der Waals surface area (Å²) in [5.74, 6) is -0.524. The fourth-order valence-electron chi connectivity index (χ4n) is 3.55. The Balaban J connectivity index is 1.82. The van der Waals surface area contributed by atoms with Gasteiger partial charge < -0.3 is 10.1 Å². The smallest absolute Gasteiger partial charge is 0.337 e. The summed E-state index contributed by atoms with van der Waals surface area (Å²) in [4.78, 5) is 29.3. The molecule has 0 bridgehead atoms. The quantitative estimate of drug-likeness (QED) is 0.296. The van der Waals surface area contributed by atoms with Gasteiger partial charge in [-0.25, -0.2) is 4.79 Å². The van der Waals surface area contributed by atoms with Crippen LogP contribution < -0.4 is 10.6 Å². The van der Waals surface area contributed by atoms with Gasteiger partial charge in [0, 0.05) is 35.1 Å². The molecule has 0 aliphatic rings. The van der Waals surface area contributed by atoms with Crippen molar-refractivity contribution in [1.29, 1.82) is 0 Å². The number of aliphatic imine (C=N–C) groups is 1. The van der Waals surface area contributed by atoms with Crippen molar-refractivity contribution in [2.45, 2.75) is 33.7 Å². The first kappa shape index (κ1) is 25.0. The first-order valence-corrected chi connectivity index (χ1v) is 11.3. The van der Waals surface area contributed by atoms with E-state index in [-0.39, 0.29) is 11.9 Å². The Morgan fingerprint density at radius 3 is 2.50 bits per heavy atom. The number of methoxy groups -OCH3 is 1. The number of aryl methyl sites for hydroxylation is 2. The molecule has 2 N–H and O–H groups in total. The van der Waals surface area contributed by atoms with E-state index >= 15 is 0 Å². The molecule has 0 unspecified atom stereocenters. The van der Waals surface area contributed by atoms with Crippen LogP contribution in [0.4, 0.5) is 5.69 Å². The van der Waals surface area contributed by atoms with E-state index in [9.17, 15) is 9.59 Å². The molecule has 0 fully saturated rings. The highest BCUT2D eigenvalue weighted by atomic mass is 35.5. The van der Waals surface area contributed by atoms with Crippen molar-refractivity contribution in [2.24, 2.45) is 4.99 Å². The molecule has 1 aromatic heterocycles. The molecule has 0 aliphatic carbocycles. The summed E-state index contributed by atoms with van der Waals surface area (Å²) in [5, 5.41) is 11.0. The lowest BCUT2D eigenvalue weighted by molar-refractivity contribution is 0.0600. The fourth-order valence-corrected chi connectivity index (χ4v) is 3.68. The third-order valence-electron chi connectivity index (χ3n) is 5.35. The normalized spacial score (nSPS) is 11.3. The predicted octanol–water partition coefficient (Wildman–Crippen LogP) is 4.40. The number of amides is 1. The van der Waals surface area contributed by atoms with Gasteiger partial charge in [0.05, 0.1) is 18.4 Å². The number of rotatable bonds is 7. The molecular weight excluding hydrogens is 454 g/mol. The van der Waals surface area contributed by atoms with Gasteiger partial charge in [0.25, 0.3) is 5.91 Å². The Morgan fingerprint density at radius 1 is 1.12 bits per heavy atom. The Morgan fingerprint density at radius 2 is 1.85 bits per heavy atom. The zero-order valence-electron chi connectivity index (χ0n) is 19.7. The molecule has 2 aromatic carbocycles.